The van der Waals surface area contributed by atoms with E-state index in [0.29, 0.717) is 18.9 Å². The summed E-state index contributed by atoms with van der Waals surface area (Å²) in [6.07, 6.45) is 0.583. The number of rotatable bonds is 4. The first-order valence-corrected chi connectivity index (χ1v) is 5.96. The second kappa shape index (κ2) is 4.08. The maximum Gasteiger partial charge on any atom is 0.237 e. The Morgan fingerprint density at radius 2 is 1.88 bits per heavy atom. The van der Waals surface area contributed by atoms with Crippen LogP contribution < -0.4 is 5.32 Å². The molecule has 1 saturated carbocycles. The molecule has 1 amide bonds. The van der Waals surface area contributed by atoms with E-state index in [2.05, 4.69) is 33.0 Å². The van der Waals surface area contributed by atoms with Crippen molar-refractivity contribution >= 4 is 5.91 Å². The number of nitrogens with zero attached hydrogens (tertiary/aromatic N) is 1. The van der Waals surface area contributed by atoms with Gasteiger partial charge in [0.05, 0.1) is 6.07 Å². The smallest absolute Gasteiger partial charge is 0.237 e. The van der Waals surface area contributed by atoms with Crippen molar-refractivity contribution in [3.63, 3.8) is 0 Å². The maximum atomic E-state index is 11.6. The molecule has 1 rings (SSSR count). The fourth-order valence-corrected chi connectivity index (χ4v) is 2.50. The Morgan fingerprint density at radius 3 is 2.19 bits per heavy atom. The zero-order valence-corrected chi connectivity index (χ0v) is 10.9. The normalized spacial score (nSPS) is 23.2. The predicted octanol–water partition coefficient (Wildman–Crippen LogP) is 2.33. The summed E-state index contributed by atoms with van der Waals surface area (Å²) in [6.45, 7) is 11.5. The number of hydrogen-bond acceptors (Lipinski definition) is 2. The van der Waals surface area contributed by atoms with Gasteiger partial charge in [-0.25, -0.2) is 0 Å². The Balaban J connectivity index is 2.44. The van der Waals surface area contributed by atoms with Gasteiger partial charge in [0.2, 0.25) is 5.91 Å². The summed E-state index contributed by atoms with van der Waals surface area (Å²) >= 11 is 0. The van der Waals surface area contributed by atoms with Crippen molar-refractivity contribution in [3.8, 4) is 6.07 Å². The minimum absolute atomic E-state index is 0.122. The van der Waals surface area contributed by atoms with Crippen LogP contribution in [0.3, 0.4) is 0 Å². The molecule has 0 aromatic heterocycles. The van der Waals surface area contributed by atoms with Crippen LogP contribution in [-0.4, -0.2) is 12.5 Å². The molecule has 0 aromatic carbocycles. The highest BCUT2D eigenvalue weighted by Gasteiger charge is 2.64. The predicted molar refractivity (Wildman–Crippen MR) is 63.5 cm³/mol. The molecular weight excluding hydrogens is 200 g/mol. The van der Waals surface area contributed by atoms with Gasteiger partial charge in [-0.3, -0.25) is 4.79 Å². The first kappa shape index (κ1) is 13.0. The van der Waals surface area contributed by atoms with Gasteiger partial charge < -0.3 is 5.32 Å². The first-order valence-electron chi connectivity index (χ1n) is 5.96. The van der Waals surface area contributed by atoms with Crippen molar-refractivity contribution in [2.24, 2.45) is 22.7 Å². The van der Waals surface area contributed by atoms with Gasteiger partial charge in [0, 0.05) is 6.54 Å². The van der Waals surface area contributed by atoms with Crippen LogP contribution in [0.1, 0.15) is 41.0 Å². The summed E-state index contributed by atoms with van der Waals surface area (Å²) in [5.74, 6) is -0.103. The minimum Gasteiger partial charge on any atom is -0.355 e. The van der Waals surface area contributed by atoms with Gasteiger partial charge in [0.1, 0.15) is 5.92 Å². The van der Waals surface area contributed by atoms with E-state index in [1.165, 1.54) is 0 Å². The third-order valence-corrected chi connectivity index (χ3v) is 4.68. The molecular formula is C13H22N2O. The molecule has 3 nitrogen and oxygen atoms in total. The van der Waals surface area contributed by atoms with Gasteiger partial charge in [-0.2, -0.15) is 5.26 Å². The molecule has 0 radical (unpaired) electrons. The number of nitriles is 1. The van der Waals surface area contributed by atoms with Gasteiger partial charge in [0.15, 0.2) is 0 Å². The third kappa shape index (κ3) is 1.93. The van der Waals surface area contributed by atoms with E-state index in [-0.39, 0.29) is 16.7 Å². The monoisotopic (exact) mass is 222 g/mol. The van der Waals surface area contributed by atoms with Crippen molar-refractivity contribution in [1.29, 1.82) is 5.26 Å². The molecule has 0 spiro atoms. The molecule has 90 valence electrons. The topological polar surface area (TPSA) is 52.9 Å². The summed E-state index contributed by atoms with van der Waals surface area (Å²) < 4.78 is 0. The summed E-state index contributed by atoms with van der Waals surface area (Å²) in [4.78, 5) is 11.6. The Bertz CT molecular complexity index is 311. The average molecular weight is 222 g/mol. The van der Waals surface area contributed by atoms with Gasteiger partial charge in [0.25, 0.3) is 0 Å². The molecule has 0 aliphatic heterocycles. The van der Waals surface area contributed by atoms with Gasteiger partial charge in [-0.1, -0.05) is 34.6 Å². The lowest BCUT2D eigenvalue weighted by atomic mass is 10.0. The molecule has 0 heterocycles. The lowest BCUT2D eigenvalue weighted by Gasteiger charge is -2.08. The standard InChI is InChI=1S/C13H22N2O/c1-6-9(7-14)11(16)15-8-10-12(2,3)13(10,4)5/h9-10H,6,8H2,1-5H3,(H,15,16). The number of nitrogens with one attached hydrogen (secondary N) is 1. The zero-order chi connectivity index (χ0) is 12.6. The number of amides is 1. The summed E-state index contributed by atoms with van der Waals surface area (Å²) in [7, 11) is 0. The zero-order valence-electron chi connectivity index (χ0n) is 10.9. The maximum absolute atomic E-state index is 11.6. The number of carbonyl (C=O) groups is 1. The summed E-state index contributed by atoms with van der Waals surface area (Å²) in [5.41, 5.74) is 0.573. The van der Waals surface area contributed by atoms with Gasteiger partial charge in [-0.15, -0.1) is 0 Å². The highest BCUT2D eigenvalue weighted by Crippen LogP contribution is 2.67. The van der Waals surface area contributed by atoms with Crippen LogP contribution in [0, 0.1) is 34.0 Å². The van der Waals surface area contributed by atoms with E-state index >= 15 is 0 Å². The molecule has 16 heavy (non-hydrogen) atoms. The Morgan fingerprint density at radius 1 is 1.38 bits per heavy atom. The van der Waals surface area contributed by atoms with E-state index in [0.717, 1.165) is 0 Å². The number of carbonyl (C=O) groups excluding carboxylic acids is 1. The highest BCUT2D eigenvalue weighted by molar-refractivity contribution is 5.81. The summed E-state index contributed by atoms with van der Waals surface area (Å²) in [5, 5.41) is 11.7. The van der Waals surface area contributed by atoms with Crippen molar-refractivity contribution in [2.75, 3.05) is 6.54 Å². The molecule has 1 aliphatic rings. The molecule has 1 aliphatic carbocycles. The van der Waals surface area contributed by atoms with E-state index in [4.69, 9.17) is 5.26 Å². The van der Waals surface area contributed by atoms with Gasteiger partial charge >= 0.3 is 0 Å². The SMILES string of the molecule is CCC(C#N)C(=O)NCC1C(C)(C)C1(C)C. The molecule has 3 heteroatoms. The van der Waals surface area contributed by atoms with Crippen molar-refractivity contribution in [2.45, 2.75) is 41.0 Å². The van der Waals surface area contributed by atoms with Gasteiger partial charge in [-0.05, 0) is 23.2 Å². The quantitative estimate of drug-likeness (QED) is 0.793. The molecule has 0 aromatic rings. The molecule has 1 atom stereocenters. The fourth-order valence-electron chi connectivity index (χ4n) is 2.50. The van der Waals surface area contributed by atoms with E-state index in [1.54, 1.807) is 0 Å². The van der Waals surface area contributed by atoms with Crippen LogP contribution in [0.5, 0.6) is 0 Å². The Kier molecular flexibility index (Phi) is 3.33. The van der Waals surface area contributed by atoms with Crippen LogP contribution in [0.2, 0.25) is 0 Å². The Labute approximate surface area is 98.2 Å². The second-order valence-corrected chi connectivity index (χ2v) is 5.83. The van der Waals surface area contributed by atoms with Crippen molar-refractivity contribution < 1.29 is 4.79 Å². The summed E-state index contributed by atoms with van der Waals surface area (Å²) in [6, 6.07) is 2.03. The molecule has 1 fully saturated rings. The van der Waals surface area contributed by atoms with E-state index in [1.807, 2.05) is 13.0 Å². The van der Waals surface area contributed by atoms with Crippen molar-refractivity contribution in [1.82, 2.24) is 5.32 Å². The third-order valence-electron chi connectivity index (χ3n) is 4.68. The van der Waals surface area contributed by atoms with Crippen LogP contribution in [0.15, 0.2) is 0 Å². The second-order valence-electron chi connectivity index (χ2n) is 5.83. The van der Waals surface area contributed by atoms with Crippen LogP contribution in [0.4, 0.5) is 0 Å². The fraction of sp³-hybridized carbons (Fsp3) is 0.846. The Hall–Kier alpha value is -1.04. The van der Waals surface area contributed by atoms with Crippen LogP contribution >= 0.6 is 0 Å². The molecule has 0 saturated heterocycles. The molecule has 1 N–H and O–H groups in total. The lowest BCUT2D eigenvalue weighted by Crippen LogP contribution is -2.32. The van der Waals surface area contributed by atoms with Crippen LogP contribution in [0.25, 0.3) is 0 Å². The minimum atomic E-state index is -0.495. The largest absolute Gasteiger partial charge is 0.355 e. The van der Waals surface area contributed by atoms with E-state index in [9.17, 15) is 4.79 Å². The van der Waals surface area contributed by atoms with Crippen molar-refractivity contribution in [3.05, 3.63) is 0 Å². The van der Waals surface area contributed by atoms with E-state index < -0.39 is 5.92 Å². The first-order chi connectivity index (χ1) is 7.29. The van der Waals surface area contributed by atoms with Crippen LogP contribution in [-0.2, 0) is 4.79 Å². The number of hydrogen-bond donors (Lipinski definition) is 1. The highest BCUT2D eigenvalue weighted by atomic mass is 16.1. The molecule has 1 unspecified atom stereocenters. The lowest BCUT2D eigenvalue weighted by molar-refractivity contribution is -0.123. The molecule has 0 bridgehead atoms. The average Bonchev–Trinajstić information content (AvgIpc) is 2.57.